The number of rotatable bonds is 2. The molecule has 0 aromatic carbocycles. The second kappa shape index (κ2) is 2.75. The van der Waals surface area contributed by atoms with E-state index in [0.29, 0.717) is 5.38 Å². The molecule has 1 unspecified atom stereocenters. The van der Waals surface area contributed by atoms with Crippen molar-refractivity contribution in [3.63, 3.8) is 0 Å². The molecular weight excluding hydrogens is 140 g/mol. The van der Waals surface area contributed by atoms with E-state index in [1.54, 1.807) is 0 Å². The molecule has 0 spiro atoms. The summed E-state index contributed by atoms with van der Waals surface area (Å²) in [7, 11) is -1.27. The van der Waals surface area contributed by atoms with Gasteiger partial charge in [0.1, 0.15) is 11.1 Å². The van der Waals surface area contributed by atoms with Gasteiger partial charge < -0.3 is 4.55 Å². The van der Waals surface area contributed by atoms with Gasteiger partial charge in [-0.15, -0.1) is 0 Å². The zero-order valence-corrected chi connectivity index (χ0v) is 7.29. The fraction of sp³-hybridized carbons (Fsp3) is 1.00. The maximum absolute atomic E-state index is 10.2. The maximum Gasteiger partial charge on any atom is 0.149 e. The first kappa shape index (κ1) is 8.33. The molecular formula is C4H12O2SSi. The van der Waals surface area contributed by atoms with Crippen molar-refractivity contribution in [1.29, 1.82) is 0 Å². The molecule has 0 amide bonds. The quantitative estimate of drug-likeness (QED) is 0.475. The summed E-state index contributed by atoms with van der Waals surface area (Å²) in [6, 6.07) is 0. The summed E-state index contributed by atoms with van der Waals surface area (Å²) in [5.74, 6) is 0. The second-order valence-electron chi connectivity index (χ2n) is 3.03. The molecule has 50 valence electrons. The van der Waals surface area contributed by atoms with Gasteiger partial charge in [-0.2, -0.15) is 0 Å². The van der Waals surface area contributed by atoms with Crippen LogP contribution in [-0.4, -0.2) is 22.2 Å². The van der Waals surface area contributed by atoms with Crippen LogP contribution in [0.4, 0.5) is 0 Å². The third-order valence-electron chi connectivity index (χ3n) is 0.556. The third-order valence-corrected chi connectivity index (χ3v) is 5.01. The maximum atomic E-state index is 10.2. The Morgan fingerprint density at radius 2 is 1.88 bits per heavy atom. The molecule has 0 aliphatic carbocycles. The lowest BCUT2D eigenvalue weighted by Crippen LogP contribution is -2.28. The largest absolute Gasteiger partial charge is 0.306 e. The highest BCUT2D eigenvalue weighted by Crippen LogP contribution is 2.00. The molecule has 8 heavy (non-hydrogen) atoms. The fourth-order valence-electron chi connectivity index (χ4n) is 0.370. The van der Waals surface area contributed by atoms with Crippen molar-refractivity contribution in [3.05, 3.63) is 0 Å². The monoisotopic (exact) mass is 152 g/mol. The Hall–Kier alpha value is 0.327. The van der Waals surface area contributed by atoms with Gasteiger partial charge in [-0.05, 0) is 0 Å². The highest BCUT2D eigenvalue weighted by atomic mass is 32.2. The lowest BCUT2D eigenvalue weighted by Gasteiger charge is -2.10. The predicted molar refractivity (Wildman–Crippen MR) is 39.0 cm³/mol. The van der Waals surface area contributed by atoms with Gasteiger partial charge in [-0.25, -0.2) is 4.21 Å². The van der Waals surface area contributed by atoms with Crippen LogP contribution >= 0.6 is 0 Å². The van der Waals surface area contributed by atoms with Crippen LogP contribution in [0.25, 0.3) is 0 Å². The van der Waals surface area contributed by atoms with Crippen LogP contribution in [-0.2, 0) is 11.1 Å². The highest BCUT2D eigenvalue weighted by Gasteiger charge is 2.15. The van der Waals surface area contributed by atoms with E-state index < -0.39 is 19.2 Å². The Morgan fingerprint density at radius 1 is 1.50 bits per heavy atom. The van der Waals surface area contributed by atoms with Crippen molar-refractivity contribution in [2.45, 2.75) is 19.6 Å². The molecule has 0 fully saturated rings. The van der Waals surface area contributed by atoms with E-state index in [1.807, 2.05) is 0 Å². The topological polar surface area (TPSA) is 37.3 Å². The minimum absolute atomic E-state index is 0.493. The smallest absolute Gasteiger partial charge is 0.149 e. The summed E-state index contributed by atoms with van der Waals surface area (Å²) in [6.45, 7) is 6.21. The van der Waals surface area contributed by atoms with Crippen LogP contribution in [0, 0.1) is 0 Å². The van der Waals surface area contributed by atoms with Crippen molar-refractivity contribution >= 4 is 19.2 Å². The number of hydrogen-bond acceptors (Lipinski definition) is 1. The minimum atomic E-state index is -1.57. The molecule has 0 aliphatic rings. The molecule has 0 heterocycles. The van der Waals surface area contributed by atoms with Crippen LogP contribution in [0.1, 0.15) is 0 Å². The lowest BCUT2D eigenvalue weighted by atomic mass is 11.8. The molecule has 4 heteroatoms. The average molecular weight is 152 g/mol. The summed E-state index contributed by atoms with van der Waals surface area (Å²) in [5.41, 5.74) is 0. The van der Waals surface area contributed by atoms with E-state index in [0.717, 1.165) is 0 Å². The number of hydrogen-bond donors (Lipinski definition) is 1. The van der Waals surface area contributed by atoms with E-state index in [1.165, 1.54) is 0 Å². The van der Waals surface area contributed by atoms with E-state index in [4.69, 9.17) is 4.55 Å². The molecule has 0 aromatic heterocycles. The van der Waals surface area contributed by atoms with Crippen molar-refractivity contribution in [1.82, 2.24) is 0 Å². The SMILES string of the molecule is C[Si](C)(C)CS(=O)O. The summed E-state index contributed by atoms with van der Waals surface area (Å²) in [6.07, 6.45) is 0. The van der Waals surface area contributed by atoms with Crippen molar-refractivity contribution in [3.8, 4) is 0 Å². The molecule has 1 atom stereocenters. The van der Waals surface area contributed by atoms with Gasteiger partial charge in [0, 0.05) is 5.38 Å². The predicted octanol–water partition coefficient (Wildman–Crippen LogP) is 1.09. The molecule has 0 bridgehead atoms. The van der Waals surface area contributed by atoms with Crippen molar-refractivity contribution in [2.75, 3.05) is 5.38 Å². The normalized spacial score (nSPS) is 16.0. The zero-order chi connectivity index (χ0) is 6.78. The van der Waals surface area contributed by atoms with E-state index in [9.17, 15) is 4.21 Å². The Kier molecular flexibility index (Phi) is 2.86. The Morgan fingerprint density at radius 3 is 1.88 bits per heavy atom. The Balaban J connectivity index is 3.55. The molecule has 0 saturated heterocycles. The van der Waals surface area contributed by atoms with Gasteiger partial charge in [-0.3, -0.25) is 0 Å². The third kappa shape index (κ3) is 6.33. The average Bonchev–Trinajstić information content (AvgIpc) is 1.21. The van der Waals surface area contributed by atoms with Crippen LogP contribution in [0.3, 0.4) is 0 Å². The summed E-state index contributed by atoms with van der Waals surface area (Å²) in [4.78, 5) is 0. The van der Waals surface area contributed by atoms with Crippen LogP contribution in [0.15, 0.2) is 0 Å². The molecule has 0 aromatic rings. The molecule has 0 aliphatic heterocycles. The first-order chi connectivity index (χ1) is 3.42. The second-order valence-corrected chi connectivity index (χ2v) is 9.95. The molecule has 0 saturated carbocycles. The zero-order valence-electron chi connectivity index (χ0n) is 5.47. The van der Waals surface area contributed by atoms with Gasteiger partial charge in [0.2, 0.25) is 0 Å². The standard InChI is InChI=1S/C4H12O2SSi/c1-8(2,3)4-7(5)6/h4H2,1-3H3,(H,5,6). The molecule has 2 nitrogen and oxygen atoms in total. The molecule has 0 rings (SSSR count). The van der Waals surface area contributed by atoms with E-state index in [2.05, 4.69) is 19.6 Å². The van der Waals surface area contributed by atoms with Gasteiger partial charge in [0.15, 0.2) is 0 Å². The molecule has 1 N–H and O–H groups in total. The lowest BCUT2D eigenvalue weighted by molar-refractivity contribution is 0.568. The summed E-state index contributed by atoms with van der Waals surface area (Å²) in [5, 5.41) is 0.493. The van der Waals surface area contributed by atoms with Crippen LogP contribution < -0.4 is 0 Å². The molecule has 0 radical (unpaired) electrons. The first-order valence-electron chi connectivity index (χ1n) is 2.49. The van der Waals surface area contributed by atoms with E-state index >= 15 is 0 Å². The minimum Gasteiger partial charge on any atom is -0.306 e. The Labute approximate surface area is 53.6 Å². The summed E-state index contributed by atoms with van der Waals surface area (Å²) < 4.78 is 18.6. The van der Waals surface area contributed by atoms with Crippen molar-refractivity contribution < 1.29 is 8.76 Å². The van der Waals surface area contributed by atoms with Crippen molar-refractivity contribution in [2.24, 2.45) is 0 Å². The van der Waals surface area contributed by atoms with Crippen LogP contribution in [0.2, 0.25) is 19.6 Å². The van der Waals surface area contributed by atoms with E-state index in [-0.39, 0.29) is 0 Å². The summed E-state index contributed by atoms with van der Waals surface area (Å²) >= 11 is -1.57. The fourth-order valence-corrected chi connectivity index (χ4v) is 3.33. The van der Waals surface area contributed by atoms with Gasteiger partial charge in [0.05, 0.1) is 8.07 Å². The van der Waals surface area contributed by atoms with Crippen LogP contribution in [0.5, 0.6) is 0 Å². The van der Waals surface area contributed by atoms with Gasteiger partial charge in [-0.1, -0.05) is 19.6 Å². The van der Waals surface area contributed by atoms with Gasteiger partial charge >= 0.3 is 0 Å². The van der Waals surface area contributed by atoms with Gasteiger partial charge in [0.25, 0.3) is 0 Å². The Bertz CT molecular complexity index is 96.7. The first-order valence-corrected chi connectivity index (χ1v) is 7.47. The highest BCUT2D eigenvalue weighted by molar-refractivity contribution is 7.81.